The van der Waals surface area contributed by atoms with Crippen LogP contribution in [0.3, 0.4) is 0 Å². The number of hydrogen-bond donors (Lipinski definition) is 1. The van der Waals surface area contributed by atoms with Crippen molar-refractivity contribution in [2.45, 2.75) is 19.9 Å². The van der Waals surface area contributed by atoms with E-state index >= 15 is 0 Å². The molecule has 1 aliphatic heterocycles. The standard InChI is InChI=1S/C13H18N2O/c1-11-9-15(8-7-13(11)14-16)10-12-5-3-2-4-6-12/h2-6,11,16H,7-10H2,1H3. The molecule has 86 valence electrons. The lowest BCUT2D eigenvalue weighted by molar-refractivity contribution is 0.228. The number of rotatable bonds is 2. The molecule has 0 aromatic heterocycles. The highest BCUT2D eigenvalue weighted by Crippen LogP contribution is 2.16. The van der Waals surface area contributed by atoms with Crippen LogP contribution in [0.5, 0.6) is 0 Å². The van der Waals surface area contributed by atoms with Crippen LogP contribution >= 0.6 is 0 Å². The van der Waals surface area contributed by atoms with Crippen molar-refractivity contribution in [2.24, 2.45) is 11.1 Å². The van der Waals surface area contributed by atoms with Gasteiger partial charge < -0.3 is 5.21 Å². The van der Waals surface area contributed by atoms with Crippen molar-refractivity contribution in [1.82, 2.24) is 4.90 Å². The number of oxime groups is 1. The number of nitrogens with zero attached hydrogens (tertiary/aromatic N) is 2. The molecule has 3 heteroatoms. The molecule has 0 radical (unpaired) electrons. The van der Waals surface area contributed by atoms with E-state index in [2.05, 4.69) is 41.2 Å². The SMILES string of the molecule is CC1CN(Cc2ccccc2)CCC1=NO. The topological polar surface area (TPSA) is 35.8 Å². The van der Waals surface area contributed by atoms with Crippen LogP contribution in [0.2, 0.25) is 0 Å². The van der Waals surface area contributed by atoms with E-state index in [9.17, 15) is 0 Å². The molecule has 1 aromatic carbocycles. The summed E-state index contributed by atoms with van der Waals surface area (Å²) >= 11 is 0. The molecule has 0 saturated carbocycles. The highest BCUT2D eigenvalue weighted by Gasteiger charge is 2.22. The van der Waals surface area contributed by atoms with Crippen LogP contribution in [0.15, 0.2) is 35.5 Å². The molecular formula is C13H18N2O. The van der Waals surface area contributed by atoms with Gasteiger partial charge in [0.15, 0.2) is 0 Å². The third kappa shape index (κ3) is 2.61. The molecule has 1 aromatic rings. The average Bonchev–Trinajstić information content (AvgIpc) is 2.31. The van der Waals surface area contributed by atoms with E-state index in [1.807, 2.05) is 6.07 Å². The first-order chi connectivity index (χ1) is 7.79. The van der Waals surface area contributed by atoms with E-state index < -0.39 is 0 Å². The Labute approximate surface area is 96.4 Å². The van der Waals surface area contributed by atoms with Crippen molar-refractivity contribution in [3.8, 4) is 0 Å². The summed E-state index contributed by atoms with van der Waals surface area (Å²) in [6.07, 6.45) is 0.879. The monoisotopic (exact) mass is 218 g/mol. The summed E-state index contributed by atoms with van der Waals surface area (Å²) < 4.78 is 0. The van der Waals surface area contributed by atoms with E-state index in [0.29, 0.717) is 5.92 Å². The maximum atomic E-state index is 8.81. The highest BCUT2D eigenvalue weighted by atomic mass is 16.4. The molecule has 0 amide bonds. The number of benzene rings is 1. The molecule has 1 aliphatic rings. The zero-order valence-electron chi connectivity index (χ0n) is 9.63. The summed E-state index contributed by atoms with van der Waals surface area (Å²) in [5.41, 5.74) is 2.28. The van der Waals surface area contributed by atoms with Gasteiger partial charge in [0.05, 0.1) is 5.71 Å². The van der Waals surface area contributed by atoms with Gasteiger partial charge in [-0.3, -0.25) is 4.90 Å². The van der Waals surface area contributed by atoms with Gasteiger partial charge in [-0.2, -0.15) is 0 Å². The maximum absolute atomic E-state index is 8.81. The molecule has 3 nitrogen and oxygen atoms in total. The van der Waals surface area contributed by atoms with Crippen LogP contribution in [-0.2, 0) is 6.54 Å². The fraction of sp³-hybridized carbons (Fsp3) is 0.462. The third-order valence-corrected chi connectivity index (χ3v) is 3.16. The van der Waals surface area contributed by atoms with Crippen molar-refractivity contribution in [2.75, 3.05) is 13.1 Å². The van der Waals surface area contributed by atoms with Crippen molar-refractivity contribution in [3.05, 3.63) is 35.9 Å². The maximum Gasteiger partial charge on any atom is 0.0624 e. The van der Waals surface area contributed by atoms with E-state index in [1.165, 1.54) is 5.56 Å². The zero-order valence-corrected chi connectivity index (χ0v) is 9.63. The summed E-state index contributed by atoms with van der Waals surface area (Å²) in [5, 5.41) is 12.2. The minimum atomic E-state index is 0.363. The molecular weight excluding hydrogens is 200 g/mol. The Bertz CT molecular complexity index is 361. The molecule has 1 fully saturated rings. The van der Waals surface area contributed by atoms with Gasteiger partial charge in [-0.25, -0.2) is 0 Å². The number of likely N-dealkylation sites (tertiary alicyclic amines) is 1. The Kier molecular flexibility index (Phi) is 3.57. The number of hydrogen-bond acceptors (Lipinski definition) is 3. The van der Waals surface area contributed by atoms with Gasteiger partial charge in [-0.15, -0.1) is 0 Å². The van der Waals surface area contributed by atoms with Crippen LogP contribution in [0.4, 0.5) is 0 Å². The molecule has 0 aliphatic carbocycles. The van der Waals surface area contributed by atoms with Crippen LogP contribution in [0.25, 0.3) is 0 Å². The van der Waals surface area contributed by atoms with Crippen molar-refractivity contribution in [3.63, 3.8) is 0 Å². The predicted octanol–water partition coefficient (Wildman–Crippen LogP) is 2.36. The normalized spacial score (nSPS) is 24.8. The summed E-state index contributed by atoms with van der Waals surface area (Å²) in [6.45, 7) is 5.07. The molecule has 16 heavy (non-hydrogen) atoms. The van der Waals surface area contributed by atoms with E-state index in [1.54, 1.807) is 0 Å². The highest BCUT2D eigenvalue weighted by molar-refractivity contribution is 5.86. The minimum absolute atomic E-state index is 0.363. The lowest BCUT2D eigenvalue weighted by atomic mass is 9.97. The van der Waals surface area contributed by atoms with Gasteiger partial charge in [0, 0.05) is 32.0 Å². The molecule has 1 heterocycles. The Morgan fingerprint density at radius 1 is 1.38 bits per heavy atom. The summed E-state index contributed by atoms with van der Waals surface area (Å²) in [4.78, 5) is 2.41. The van der Waals surface area contributed by atoms with Gasteiger partial charge in [0.1, 0.15) is 0 Å². The number of piperidine rings is 1. The quantitative estimate of drug-likeness (QED) is 0.611. The Balaban J connectivity index is 1.94. The van der Waals surface area contributed by atoms with Gasteiger partial charge in [-0.1, -0.05) is 42.4 Å². The van der Waals surface area contributed by atoms with Gasteiger partial charge in [0.2, 0.25) is 0 Å². The second-order valence-corrected chi connectivity index (χ2v) is 4.46. The molecule has 1 N–H and O–H groups in total. The Morgan fingerprint density at radius 3 is 2.75 bits per heavy atom. The molecule has 0 spiro atoms. The summed E-state index contributed by atoms with van der Waals surface area (Å²) in [5.74, 6) is 0.363. The van der Waals surface area contributed by atoms with E-state index in [0.717, 1.165) is 31.8 Å². The third-order valence-electron chi connectivity index (χ3n) is 3.16. The molecule has 1 atom stereocenters. The molecule has 1 saturated heterocycles. The smallest absolute Gasteiger partial charge is 0.0624 e. The van der Waals surface area contributed by atoms with Crippen LogP contribution < -0.4 is 0 Å². The van der Waals surface area contributed by atoms with E-state index in [-0.39, 0.29) is 0 Å². The van der Waals surface area contributed by atoms with Crippen molar-refractivity contribution >= 4 is 5.71 Å². The van der Waals surface area contributed by atoms with Crippen LogP contribution in [0, 0.1) is 5.92 Å². The summed E-state index contributed by atoms with van der Waals surface area (Å²) in [7, 11) is 0. The minimum Gasteiger partial charge on any atom is -0.411 e. The fourth-order valence-electron chi connectivity index (χ4n) is 2.24. The van der Waals surface area contributed by atoms with Gasteiger partial charge in [-0.05, 0) is 5.56 Å². The van der Waals surface area contributed by atoms with Crippen molar-refractivity contribution < 1.29 is 5.21 Å². The second-order valence-electron chi connectivity index (χ2n) is 4.46. The summed E-state index contributed by atoms with van der Waals surface area (Å²) in [6, 6.07) is 10.5. The second kappa shape index (κ2) is 5.12. The zero-order chi connectivity index (χ0) is 11.4. The average molecular weight is 218 g/mol. The predicted molar refractivity (Wildman–Crippen MR) is 64.7 cm³/mol. The first-order valence-electron chi connectivity index (χ1n) is 5.76. The van der Waals surface area contributed by atoms with E-state index in [4.69, 9.17) is 5.21 Å². The van der Waals surface area contributed by atoms with Crippen LogP contribution in [0.1, 0.15) is 18.9 Å². The Morgan fingerprint density at radius 2 is 2.12 bits per heavy atom. The molecule has 1 unspecified atom stereocenters. The van der Waals surface area contributed by atoms with Gasteiger partial charge >= 0.3 is 0 Å². The largest absolute Gasteiger partial charge is 0.411 e. The van der Waals surface area contributed by atoms with Crippen LogP contribution in [-0.4, -0.2) is 28.9 Å². The lowest BCUT2D eigenvalue weighted by Gasteiger charge is -2.31. The van der Waals surface area contributed by atoms with Gasteiger partial charge in [0.25, 0.3) is 0 Å². The Hall–Kier alpha value is -1.35. The van der Waals surface area contributed by atoms with Crippen molar-refractivity contribution in [1.29, 1.82) is 0 Å². The molecule has 2 rings (SSSR count). The fourth-order valence-corrected chi connectivity index (χ4v) is 2.24. The first kappa shape index (κ1) is 11.1. The molecule has 0 bridgehead atoms. The first-order valence-corrected chi connectivity index (χ1v) is 5.76. The lowest BCUT2D eigenvalue weighted by Crippen LogP contribution is -2.39.